The number of hydrogen-bond donors (Lipinski definition) is 0. The zero-order valence-electron chi connectivity index (χ0n) is 11.2. The molecule has 0 saturated heterocycles. The maximum Gasteiger partial charge on any atom is 0.271 e. The van der Waals surface area contributed by atoms with Crippen LogP contribution in [0.25, 0.3) is 16.9 Å². The Hall–Kier alpha value is -3.42. The molecule has 8 nitrogen and oxygen atoms in total. The van der Waals surface area contributed by atoms with Crippen LogP contribution in [0.4, 0.5) is 5.69 Å². The van der Waals surface area contributed by atoms with Gasteiger partial charge in [0.05, 0.1) is 10.6 Å². The van der Waals surface area contributed by atoms with Crippen LogP contribution in [0.2, 0.25) is 0 Å². The largest absolute Gasteiger partial charge is 0.296 e. The number of carbonyl (C=O) groups is 1. The molecule has 0 aliphatic carbocycles. The van der Waals surface area contributed by atoms with E-state index in [-0.39, 0.29) is 11.4 Å². The third-order valence-corrected chi connectivity index (χ3v) is 3.03. The molecule has 2 aromatic heterocycles. The zero-order chi connectivity index (χ0) is 15.5. The molecule has 0 aliphatic rings. The van der Waals surface area contributed by atoms with Crippen LogP contribution in [0.5, 0.6) is 0 Å². The molecule has 0 atom stereocenters. The molecule has 0 amide bonds. The number of benzene rings is 1. The molecule has 1 aromatic carbocycles. The van der Waals surface area contributed by atoms with E-state index in [1.54, 1.807) is 36.7 Å². The van der Waals surface area contributed by atoms with Crippen LogP contribution in [-0.2, 0) is 0 Å². The van der Waals surface area contributed by atoms with Crippen molar-refractivity contribution in [1.82, 2.24) is 20.0 Å². The van der Waals surface area contributed by atoms with Gasteiger partial charge in [-0.05, 0) is 18.2 Å². The van der Waals surface area contributed by atoms with Crippen molar-refractivity contribution in [3.8, 4) is 16.9 Å². The van der Waals surface area contributed by atoms with Crippen LogP contribution in [-0.4, -0.2) is 31.2 Å². The van der Waals surface area contributed by atoms with Crippen molar-refractivity contribution in [2.45, 2.75) is 0 Å². The highest BCUT2D eigenvalue weighted by atomic mass is 16.6. The van der Waals surface area contributed by atoms with E-state index in [0.29, 0.717) is 23.2 Å². The highest BCUT2D eigenvalue weighted by Gasteiger charge is 2.17. The van der Waals surface area contributed by atoms with Gasteiger partial charge in [-0.2, -0.15) is 0 Å². The minimum Gasteiger partial charge on any atom is -0.296 e. The summed E-state index contributed by atoms with van der Waals surface area (Å²) in [6.45, 7) is 0. The van der Waals surface area contributed by atoms with Gasteiger partial charge in [0.1, 0.15) is 5.69 Å². The fourth-order valence-corrected chi connectivity index (χ4v) is 2.06. The molecular formula is C14H9N5O3. The molecule has 0 fully saturated rings. The highest BCUT2D eigenvalue weighted by Crippen LogP contribution is 2.25. The Morgan fingerprint density at radius 1 is 1.23 bits per heavy atom. The average molecular weight is 295 g/mol. The van der Waals surface area contributed by atoms with Crippen molar-refractivity contribution in [3.05, 3.63) is 64.6 Å². The van der Waals surface area contributed by atoms with Crippen molar-refractivity contribution < 1.29 is 9.72 Å². The van der Waals surface area contributed by atoms with E-state index >= 15 is 0 Å². The Kier molecular flexibility index (Phi) is 3.40. The quantitative estimate of drug-likeness (QED) is 0.414. The summed E-state index contributed by atoms with van der Waals surface area (Å²) in [4.78, 5) is 25.6. The molecule has 3 aromatic rings. The predicted molar refractivity (Wildman–Crippen MR) is 76.6 cm³/mol. The third-order valence-electron chi connectivity index (χ3n) is 3.03. The summed E-state index contributed by atoms with van der Waals surface area (Å²) in [7, 11) is 0. The molecule has 0 radical (unpaired) electrons. The van der Waals surface area contributed by atoms with E-state index in [1.165, 1.54) is 16.8 Å². The summed E-state index contributed by atoms with van der Waals surface area (Å²) in [5.74, 6) is 0. The van der Waals surface area contributed by atoms with E-state index < -0.39 is 4.92 Å². The maximum absolute atomic E-state index is 11.2. The van der Waals surface area contributed by atoms with Gasteiger partial charge in [0.15, 0.2) is 12.0 Å². The Balaban J connectivity index is 2.20. The van der Waals surface area contributed by atoms with Gasteiger partial charge in [-0.1, -0.05) is 11.3 Å². The second-order valence-electron chi connectivity index (χ2n) is 4.37. The first-order chi connectivity index (χ1) is 10.7. The van der Waals surface area contributed by atoms with Crippen molar-refractivity contribution >= 4 is 12.0 Å². The number of non-ortho nitro benzene ring substituents is 1. The van der Waals surface area contributed by atoms with Crippen LogP contribution >= 0.6 is 0 Å². The molecule has 108 valence electrons. The first-order valence-corrected chi connectivity index (χ1v) is 6.27. The Morgan fingerprint density at radius 3 is 2.77 bits per heavy atom. The van der Waals surface area contributed by atoms with Crippen LogP contribution < -0.4 is 0 Å². The molecule has 0 bridgehead atoms. The summed E-state index contributed by atoms with van der Waals surface area (Å²) < 4.78 is 1.38. The lowest BCUT2D eigenvalue weighted by Crippen LogP contribution is -2.01. The van der Waals surface area contributed by atoms with Crippen LogP contribution in [0.3, 0.4) is 0 Å². The number of nitro benzene ring substituents is 1. The molecule has 0 spiro atoms. The van der Waals surface area contributed by atoms with Crippen molar-refractivity contribution in [2.75, 3.05) is 0 Å². The molecule has 8 heteroatoms. The molecular weight excluding hydrogens is 286 g/mol. The summed E-state index contributed by atoms with van der Waals surface area (Å²) in [5, 5.41) is 18.6. The SMILES string of the molecule is O=Cc1nnn(-c2cccc([N+](=O)[O-])c2)c1-c1cccnc1. The molecule has 0 N–H and O–H groups in total. The van der Waals surface area contributed by atoms with Gasteiger partial charge in [0, 0.05) is 30.1 Å². The monoisotopic (exact) mass is 295 g/mol. The smallest absolute Gasteiger partial charge is 0.271 e. The van der Waals surface area contributed by atoms with Crippen molar-refractivity contribution in [3.63, 3.8) is 0 Å². The fourth-order valence-electron chi connectivity index (χ4n) is 2.06. The molecule has 3 rings (SSSR count). The lowest BCUT2D eigenvalue weighted by Gasteiger charge is -2.06. The standard InChI is InChI=1S/C14H9N5O3/c20-9-13-14(10-3-2-6-15-8-10)18(17-16-13)11-4-1-5-12(7-11)19(21)22/h1-9H. The van der Waals surface area contributed by atoms with Gasteiger partial charge in [-0.3, -0.25) is 19.9 Å². The number of carbonyl (C=O) groups excluding carboxylic acids is 1. The molecule has 0 unspecified atom stereocenters. The van der Waals surface area contributed by atoms with Gasteiger partial charge < -0.3 is 0 Å². The minimum atomic E-state index is -0.495. The van der Waals surface area contributed by atoms with E-state index in [0.717, 1.165) is 0 Å². The number of rotatable bonds is 4. The molecule has 2 heterocycles. The maximum atomic E-state index is 11.2. The van der Waals surface area contributed by atoms with Gasteiger partial charge in [0.25, 0.3) is 5.69 Å². The summed E-state index contributed by atoms with van der Waals surface area (Å²) in [5.41, 5.74) is 1.58. The van der Waals surface area contributed by atoms with Gasteiger partial charge >= 0.3 is 0 Å². The first kappa shape index (κ1) is 13.6. The Morgan fingerprint density at radius 2 is 2.09 bits per heavy atom. The van der Waals surface area contributed by atoms with Crippen LogP contribution in [0, 0.1) is 10.1 Å². The van der Waals surface area contributed by atoms with Crippen molar-refractivity contribution in [1.29, 1.82) is 0 Å². The number of aromatic nitrogens is 4. The molecule has 0 saturated carbocycles. The first-order valence-electron chi connectivity index (χ1n) is 6.27. The van der Waals surface area contributed by atoms with E-state index in [4.69, 9.17) is 0 Å². The van der Waals surface area contributed by atoms with Gasteiger partial charge in [-0.15, -0.1) is 5.10 Å². The fraction of sp³-hybridized carbons (Fsp3) is 0. The minimum absolute atomic E-state index is 0.0715. The summed E-state index contributed by atoms with van der Waals surface area (Å²) in [6, 6.07) is 9.41. The summed E-state index contributed by atoms with van der Waals surface area (Å²) >= 11 is 0. The zero-order valence-corrected chi connectivity index (χ0v) is 11.2. The number of aldehydes is 1. The average Bonchev–Trinajstić information content (AvgIpc) is 2.99. The van der Waals surface area contributed by atoms with E-state index in [2.05, 4.69) is 15.3 Å². The lowest BCUT2D eigenvalue weighted by atomic mass is 10.1. The van der Waals surface area contributed by atoms with Gasteiger partial charge in [0.2, 0.25) is 0 Å². The van der Waals surface area contributed by atoms with Gasteiger partial charge in [-0.25, -0.2) is 4.68 Å². The van der Waals surface area contributed by atoms with E-state index in [1.807, 2.05) is 0 Å². The number of nitrogens with zero attached hydrogens (tertiary/aromatic N) is 5. The molecule has 22 heavy (non-hydrogen) atoms. The predicted octanol–water partition coefficient (Wildman–Crippen LogP) is 2.05. The Bertz CT molecular complexity index is 845. The third kappa shape index (κ3) is 2.33. The number of pyridine rings is 1. The number of nitro groups is 1. The van der Waals surface area contributed by atoms with Crippen LogP contribution in [0.1, 0.15) is 10.5 Å². The second kappa shape index (κ2) is 5.52. The molecule has 0 aliphatic heterocycles. The van der Waals surface area contributed by atoms with Crippen molar-refractivity contribution in [2.24, 2.45) is 0 Å². The van der Waals surface area contributed by atoms with E-state index in [9.17, 15) is 14.9 Å². The summed E-state index contributed by atoms with van der Waals surface area (Å²) in [6.07, 6.45) is 3.76. The number of hydrogen-bond acceptors (Lipinski definition) is 6. The second-order valence-corrected chi connectivity index (χ2v) is 4.37. The highest BCUT2D eigenvalue weighted by molar-refractivity contribution is 5.83. The topological polar surface area (TPSA) is 104 Å². The Labute approximate surface area is 124 Å². The van der Waals surface area contributed by atoms with Crippen LogP contribution in [0.15, 0.2) is 48.8 Å². The lowest BCUT2D eigenvalue weighted by molar-refractivity contribution is -0.384. The normalized spacial score (nSPS) is 10.4.